The third-order valence-corrected chi connectivity index (χ3v) is 6.36. The van der Waals surface area contributed by atoms with Gasteiger partial charge in [-0.1, -0.05) is 36.4 Å². The summed E-state index contributed by atoms with van der Waals surface area (Å²) in [5.74, 6) is 0. The molecule has 6 nitrogen and oxygen atoms in total. The molecule has 0 amide bonds. The average Bonchev–Trinajstić information content (AvgIpc) is 3.49. The lowest BCUT2D eigenvalue weighted by atomic mass is 9.88. The van der Waals surface area contributed by atoms with Crippen LogP contribution in [0.15, 0.2) is 69.4 Å². The van der Waals surface area contributed by atoms with Crippen LogP contribution in [-0.2, 0) is 0 Å². The fraction of sp³-hybridized carbons (Fsp3) is 0. The molecule has 30 heavy (non-hydrogen) atoms. The maximum atomic E-state index is 9.34. The van der Waals surface area contributed by atoms with Crippen molar-refractivity contribution >= 4 is 34.1 Å². The van der Waals surface area contributed by atoms with Gasteiger partial charge < -0.3 is 0 Å². The van der Waals surface area contributed by atoms with Crippen molar-refractivity contribution in [3.05, 3.63) is 93.3 Å². The van der Waals surface area contributed by atoms with Crippen molar-refractivity contribution < 1.29 is 0 Å². The zero-order chi connectivity index (χ0) is 20.5. The van der Waals surface area contributed by atoms with Gasteiger partial charge in [0.25, 0.3) is 0 Å². The first-order valence-corrected chi connectivity index (χ1v) is 10.6. The minimum absolute atomic E-state index is 0.440. The van der Waals surface area contributed by atoms with E-state index >= 15 is 0 Å². The Morgan fingerprint density at radius 1 is 0.800 bits per heavy atom. The zero-order valence-corrected chi connectivity index (χ0v) is 16.9. The van der Waals surface area contributed by atoms with Gasteiger partial charge in [-0.25, -0.2) is 9.97 Å². The van der Waals surface area contributed by atoms with Gasteiger partial charge in [-0.15, -0.1) is 27.6 Å². The molecule has 0 spiro atoms. The summed E-state index contributed by atoms with van der Waals surface area (Å²) in [7, 11) is 0. The Balaban J connectivity index is 1.90. The van der Waals surface area contributed by atoms with Gasteiger partial charge in [0.2, 0.25) is 6.19 Å². The SMILES string of the molecule is [C-]#[N+]N=C1c2ccccc2C(=NC#N)c2nc(-c3cccs3)c(-c3cccs3)nc21. The molecule has 0 saturated carbocycles. The van der Waals surface area contributed by atoms with E-state index in [0.29, 0.717) is 33.9 Å². The molecule has 1 aliphatic rings. The van der Waals surface area contributed by atoms with Crippen LogP contribution >= 0.6 is 22.7 Å². The van der Waals surface area contributed by atoms with Gasteiger partial charge in [-0.05, 0) is 22.9 Å². The molecule has 140 valence electrons. The molecule has 5 rings (SSSR count). The second-order valence-electron chi connectivity index (χ2n) is 6.23. The highest BCUT2D eigenvalue weighted by Crippen LogP contribution is 2.37. The van der Waals surface area contributed by atoms with Gasteiger partial charge in [0.15, 0.2) is 5.71 Å². The molecule has 1 aliphatic carbocycles. The van der Waals surface area contributed by atoms with Crippen LogP contribution in [0.3, 0.4) is 0 Å². The van der Waals surface area contributed by atoms with Crippen molar-refractivity contribution in [1.82, 2.24) is 9.97 Å². The van der Waals surface area contributed by atoms with Crippen LogP contribution < -0.4 is 0 Å². The third-order valence-electron chi connectivity index (χ3n) is 4.60. The van der Waals surface area contributed by atoms with E-state index in [1.54, 1.807) is 22.7 Å². The van der Waals surface area contributed by atoms with Gasteiger partial charge in [-0.3, -0.25) is 0 Å². The van der Waals surface area contributed by atoms with Gasteiger partial charge in [0.1, 0.15) is 28.5 Å². The first kappa shape index (κ1) is 18.1. The minimum Gasteiger partial charge on any atom is -0.241 e. The summed E-state index contributed by atoms with van der Waals surface area (Å²) in [6, 6.07) is 15.3. The Morgan fingerprint density at radius 2 is 1.37 bits per heavy atom. The lowest BCUT2D eigenvalue weighted by molar-refractivity contribution is 1.16. The molecule has 0 fully saturated rings. The number of fused-ring (bicyclic) bond motifs is 2. The van der Waals surface area contributed by atoms with Crippen molar-refractivity contribution in [3.8, 4) is 27.3 Å². The molecule has 3 heterocycles. The van der Waals surface area contributed by atoms with Gasteiger partial charge in [-0.2, -0.15) is 16.8 Å². The lowest BCUT2D eigenvalue weighted by Crippen LogP contribution is -2.25. The molecule has 0 saturated heterocycles. The fourth-order valence-corrected chi connectivity index (χ4v) is 4.83. The second-order valence-corrected chi connectivity index (χ2v) is 8.12. The zero-order valence-electron chi connectivity index (χ0n) is 15.3. The van der Waals surface area contributed by atoms with Crippen molar-refractivity contribution in [2.45, 2.75) is 0 Å². The third kappa shape index (κ3) is 2.83. The Hall–Kier alpha value is -3.98. The van der Waals surface area contributed by atoms with E-state index in [1.165, 1.54) is 0 Å². The summed E-state index contributed by atoms with van der Waals surface area (Å²) in [5.41, 5.74) is 4.67. The maximum Gasteiger partial charge on any atom is 0.206 e. The van der Waals surface area contributed by atoms with Crippen molar-refractivity contribution in [3.63, 3.8) is 0 Å². The molecular formula is C22H10N6S2. The van der Waals surface area contributed by atoms with Crippen LogP contribution in [0, 0.1) is 18.0 Å². The average molecular weight is 422 g/mol. The monoisotopic (exact) mass is 422 g/mol. The smallest absolute Gasteiger partial charge is 0.206 e. The molecule has 0 bridgehead atoms. The van der Waals surface area contributed by atoms with Crippen LogP contribution in [0.5, 0.6) is 0 Å². The van der Waals surface area contributed by atoms with Gasteiger partial charge >= 0.3 is 0 Å². The van der Waals surface area contributed by atoms with Crippen LogP contribution in [0.4, 0.5) is 0 Å². The number of hydrogen-bond acceptors (Lipinski definition) is 7. The molecule has 0 N–H and O–H groups in total. The highest BCUT2D eigenvalue weighted by atomic mass is 32.1. The van der Waals surface area contributed by atoms with Crippen LogP contribution in [0.2, 0.25) is 0 Å². The number of nitriles is 1. The molecule has 0 unspecified atom stereocenters. The van der Waals surface area contributed by atoms with E-state index in [1.807, 2.05) is 65.5 Å². The lowest BCUT2D eigenvalue weighted by Gasteiger charge is -2.20. The van der Waals surface area contributed by atoms with Crippen LogP contribution in [0.1, 0.15) is 22.5 Å². The van der Waals surface area contributed by atoms with E-state index in [-0.39, 0.29) is 0 Å². The largest absolute Gasteiger partial charge is 0.241 e. The predicted molar refractivity (Wildman–Crippen MR) is 119 cm³/mol. The number of thiophene rings is 2. The van der Waals surface area contributed by atoms with Crippen molar-refractivity contribution in [1.29, 1.82) is 5.26 Å². The minimum atomic E-state index is 0.440. The molecular weight excluding hydrogens is 412 g/mol. The number of hydrogen-bond donors (Lipinski definition) is 0. The van der Waals surface area contributed by atoms with E-state index in [0.717, 1.165) is 21.1 Å². The van der Waals surface area contributed by atoms with E-state index in [9.17, 15) is 5.26 Å². The standard InChI is InChI=1S/C22H10N6S2/c1-24-28-18-14-7-3-2-6-13(14)17(25-12-23)21-22(18)27-20(16-9-5-11-30-16)19(26-21)15-8-4-10-29-15/h2-11H. The Bertz CT molecular complexity index is 1290. The summed E-state index contributed by atoms with van der Waals surface area (Å²) < 4.78 is 0. The first-order valence-electron chi connectivity index (χ1n) is 8.83. The van der Waals surface area contributed by atoms with E-state index in [2.05, 4.69) is 15.0 Å². The van der Waals surface area contributed by atoms with Gasteiger partial charge in [0, 0.05) is 11.1 Å². The predicted octanol–water partition coefficient (Wildman–Crippen LogP) is 5.24. The number of benzene rings is 1. The molecule has 0 aliphatic heterocycles. The van der Waals surface area contributed by atoms with Gasteiger partial charge in [0.05, 0.1) is 14.9 Å². The summed E-state index contributed by atoms with van der Waals surface area (Å²) >= 11 is 3.14. The Morgan fingerprint density at radius 3 is 1.87 bits per heavy atom. The summed E-state index contributed by atoms with van der Waals surface area (Å²) in [6.07, 6.45) is 1.89. The topological polar surface area (TPSA) is 78.6 Å². The van der Waals surface area contributed by atoms with Crippen LogP contribution in [-0.4, -0.2) is 21.4 Å². The molecule has 0 atom stereocenters. The van der Waals surface area contributed by atoms with E-state index < -0.39 is 0 Å². The number of aromatic nitrogens is 2. The maximum absolute atomic E-state index is 9.34. The molecule has 4 aromatic rings. The normalized spacial score (nSPS) is 14.7. The Labute approximate surface area is 180 Å². The number of rotatable bonds is 2. The summed E-state index contributed by atoms with van der Waals surface area (Å²) in [4.78, 5) is 19.1. The molecule has 1 aromatic carbocycles. The quantitative estimate of drug-likeness (QED) is 0.222. The highest BCUT2D eigenvalue weighted by molar-refractivity contribution is 7.14. The van der Waals surface area contributed by atoms with Crippen molar-refractivity contribution in [2.75, 3.05) is 0 Å². The molecule has 0 radical (unpaired) electrons. The van der Waals surface area contributed by atoms with Crippen LogP contribution in [0.25, 0.3) is 26.1 Å². The molecule has 8 heteroatoms. The number of nitrogens with zero attached hydrogens (tertiary/aromatic N) is 6. The fourth-order valence-electron chi connectivity index (χ4n) is 3.40. The second kappa shape index (κ2) is 7.45. The van der Waals surface area contributed by atoms with E-state index in [4.69, 9.17) is 16.5 Å². The number of aliphatic imine (C=N–C) groups is 1. The summed E-state index contributed by atoms with van der Waals surface area (Å²) in [5, 5.41) is 17.4. The highest BCUT2D eigenvalue weighted by Gasteiger charge is 2.33. The summed E-state index contributed by atoms with van der Waals surface area (Å²) in [6.45, 7) is 7.31. The first-order chi connectivity index (χ1) is 14.8. The van der Waals surface area contributed by atoms with Crippen molar-refractivity contribution in [2.24, 2.45) is 10.1 Å². The Kier molecular flexibility index (Phi) is 4.49. The molecule has 3 aromatic heterocycles.